The first-order valence-electron chi connectivity index (χ1n) is 30.8. The van der Waals surface area contributed by atoms with E-state index in [4.69, 9.17) is 9.47 Å². The van der Waals surface area contributed by atoms with Crippen LogP contribution in [0.5, 0.6) is 11.5 Å². The Morgan fingerprint density at radius 2 is 0.889 bits per heavy atom. The number of alkyl halides is 6. The molecule has 0 aliphatic carbocycles. The molecule has 1 saturated heterocycles. The Morgan fingerprint density at radius 3 is 1.31 bits per heavy atom. The number of para-hydroxylation sites is 2. The highest BCUT2D eigenvalue weighted by atomic mass is 19.4. The van der Waals surface area contributed by atoms with Gasteiger partial charge in [-0.2, -0.15) is 26.3 Å². The highest BCUT2D eigenvalue weighted by Gasteiger charge is 2.36. The summed E-state index contributed by atoms with van der Waals surface area (Å²) in [5.74, 6) is -2.12. The number of ether oxygens (including phenoxy) is 2. The van der Waals surface area contributed by atoms with Crippen molar-refractivity contribution in [2.24, 2.45) is 11.8 Å². The summed E-state index contributed by atoms with van der Waals surface area (Å²) in [4.78, 5) is 83.2. The molecule has 0 spiro atoms. The summed E-state index contributed by atoms with van der Waals surface area (Å²) in [6, 6.07) is 22.8. The molecule has 488 valence electrons. The molecule has 4 aromatic carbocycles. The first-order valence-corrected chi connectivity index (χ1v) is 30.8. The summed E-state index contributed by atoms with van der Waals surface area (Å²) in [5.41, 5.74) is 0.920. The van der Waals surface area contributed by atoms with E-state index in [1.807, 2.05) is 60.7 Å². The van der Waals surface area contributed by atoms with Gasteiger partial charge in [0.05, 0.1) is 29.8 Å². The quantitative estimate of drug-likeness (QED) is 0.0701. The average Bonchev–Trinajstić information content (AvgIpc) is 3.84. The maximum Gasteiger partial charge on any atom is 0.416 e. The number of aromatic nitrogens is 1. The molecule has 0 radical (unpaired) electrons. The molecule has 0 bridgehead atoms. The lowest BCUT2D eigenvalue weighted by Gasteiger charge is -2.29. The van der Waals surface area contributed by atoms with Crippen molar-refractivity contribution in [2.45, 2.75) is 134 Å². The van der Waals surface area contributed by atoms with E-state index in [1.165, 1.54) is 24.3 Å². The van der Waals surface area contributed by atoms with Gasteiger partial charge in [0.1, 0.15) is 48.9 Å². The van der Waals surface area contributed by atoms with Gasteiger partial charge in [-0.3, -0.25) is 28.8 Å². The van der Waals surface area contributed by atoms with Crippen molar-refractivity contribution < 1.29 is 64.6 Å². The lowest BCUT2D eigenvalue weighted by atomic mass is 9.99. The van der Waals surface area contributed by atoms with Crippen molar-refractivity contribution in [3.63, 3.8) is 0 Å². The van der Waals surface area contributed by atoms with E-state index in [0.29, 0.717) is 67.9 Å². The Labute approximate surface area is 521 Å². The standard InChI is InChI=1S/C33H44F3N5O4.C33H40F3N5O4/c2*1-22(2)29-32(44)39-27(21-41-16-5-6-17-41)30(42)38-14-8-11-24-10-3-4-13-28(24)45-18-15-37-26(31(43)40-29)20-23-9-7-12-25(19-23)33(34,35)36/h3-4,7,9-10,12-13,19,22,26-27,29,37H,5-6,8,11,14-18,20-21H2,1-2H3,(H,38,42)(H,39,44)(H,40,43);3-7,9-10,12-13,16-17,19,22,26-27,29,37H,8,11,14-15,18,20-21H2,1-2H3,(H,38,42)(H,39,44)(H,40,43)/t2*26-,27+,29-/m11/s1. The smallest absolute Gasteiger partial charge is 0.416 e. The number of hydrogen-bond acceptors (Lipinski definition) is 11. The molecular formula is C66H84F6N10O8. The van der Waals surface area contributed by atoms with Crippen LogP contribution < -0.4 is 52.0 Å². The molecule has 6 atom stereocenters. The number of likely N-dealkylation sites (tertiary alicyclic amines) is 1. The number of carbonyl (C=O) groups is 6. The third-order valence-electron chi connectivity index (χ3n) is 15.8. The Balaban J connectivity index is 0.000000256. The number of nitrogens with zero attached hydrogens (tertiary/aromatic N) is 2. The summed E-state index contributed by atoms with van der Waals surface area (Å²) in [7, 11) is 0. The zero-order chi connectivity index (χ0) is 64.8. The third-order valence-corrected chi connectivity index (χ3v) is 15.8. The average molecular weight is 1260 g/mol. The predicted molar refractivity (Wildman–Crippen MR) is 328 cm³/mol. The van der Waals surface area contributed by atoms with E-state index in [2.05, 4.69) is 47.4 Å². The molecule has 3 aliphatic heterocycles. The van der Waals surface area contributed by atoms with Crippen LogP contribution in [0.25, 0.3) is 0 Å². The van der Waals surface area contributed by atoms with E-state index in [-0.39, 0.29) is 69.3 Å². The van der Waals surface area contributed by atoms with Gasteiger partial charge in [0.15, 0.2) is 0 Å². The number of halogens is 6. The van der Waals surface area contributed by atoms with Crippen molar-refractivity contribution in [3.8, 4) is 11.5 Å². The zero-order valence-corrected chi connectivity index (χ0v) is 51.3. The summed E-state index contributed by atoms with van der Waals surface area (Å²) in [6.45, 7) is 10.9. The van der Waals surface area contributed by atoms with Gasteiger partial charge in [-0.1, -0.05) is 100 Å². The fraction of sp³-hybridized carbons (Fsp3) is 0.485. The number of rotatable bonds is 10. The monoisotopic (exact) mass is 1260 g/mol. The largest absolute Gasteiger partial charge is 0.492 e. The Hall–Kier alpha value is -7.96. The molecule has 0 saturated carbocycles. The van der Waals surface area contributed by atoms with E-state index in [9.17, 15) is 55.1 Å². The summed E-state index contributed by atoms with van der Waals surface area (Å²) >= 11 is 0. The van der Waals surface area contributed by atoms with Gasteiger partial charge in [0.2, 0.25) is 35.4 Å². The molecule has 8 N–H and O–H groups in total. The Morgan fingerprint density at radius 1 is 0.467 bits per heavy atom. The molecule has 6 amide bonds. The lowest BCUT2D eigenvalue weighted by Crippen LogP contribution is -2.60. The third kappa shape index (κ3) is 21.6. The molecule has 90 heavy (non-hydrogen) atoms. The van der Waals surface area contributed by atoms with Crippen molar-refractivity contribution in [2.75, 3.05) is 59.0 Å². The number of carbonyl (C=O) groups excluding carboxylic acids is 6. The molecule has 0 unspecified atom stereocenters. The number of benzene rings is 4. The molecule has 3 aliphatic rings. The first-order chi connectivity index (χ1) is 43.0. The number of fused-ring (bicyclic) bond motifs is 2. The van der Waals surface area contributed by atoms with Gasteiger partial charge in [-0.25, -0.2) is 0 Å². The van der Waals surface area contributed by atoms with E-state index >= 15 is 0 Å². The number of nitrogens with one attached hydrogen (secondary N) is 8. The van der Waals surface area contributed by atoms with Crippen LogP contribution in [0.3, 0.4) is 0 Å². The second kappa shape index (κ2) is 33.7. The first kappa shape index (κ1) is 69.5. The topological polar surface area (TPSA) is 225 Å². The maximum absolute atomic E-state index is 13.7. The minimum atomic E-state index is -4.53. The van der Waals surface area contributed by atoms with Gasteiger partial charge in [-0.15, -0.1) is 0 Å². The van der Waals surface area contributed by atoms with Crippen LogP contribution in [0.15, 0.2) is 122 Å². The second-order valence-electron chi connectivity index (χ2n) is 23.5. The molecule has 1 fully saturated rings. The fourth-order valence-electron chi connectivity index (χ4n) is 10.9. The Kier molecular flexibility index (Phi) is 26.1. The molecule has 4 heterocycles. The SMILES string of the molecule is CC(C)[C@H]1NC(=O)[C@@H](Cc2cccc(C(F)(F)F)c2)NCCOc2ccccc2CCCNC(=O)[C@H](CN2CCCC2)NC1=O.CC(C)[C@H]1NC(=O)[C@@H](Cc2cccc(C(F)(F)F)c2)NCCOc2ccccc2CCCNC(=O)[C@H](Cn2cccc2)NC1=O. The van der Waals surface area contributed by atoms with Crippen LogP contribution in [0.4, 0.5) is 26.3 Å². The van der Waals surface area contributed by atoms with Gasteiger partial charge in [-0.05, 0) is 135 Å². The molecule has 18 nitrogen and oxygen atoms in total. The van der Waals surface area contributed by atoms with Gasteiger partial charge in [0.25, 0.3) is 0 Å². The minimum Gasteiger partial charge on any atom is -0.492 e. The van der Waals surface area contributed by atoms with Crippen LogP contribution in [0, 0.1) is 11.8 Å². The predicted octanol–water partition coefficient (Wildman–Crippen LogP) is 6.54. The summed E-state index contributed by atoms with van der Waals surface area (Å²) in [6.07, 6.45) is -0.950. The number of amides is 6. The molecule has 8 rings (SSSR count). The van der Waals surface area contributed by atoms with Crippen LogP contribution in [-0.4, -0.2) is 140 Å². The molecular weight excluding hydrogens is 1170 g/mol. The molecule has 5 aromatic rings. The van der Waals surface area contributed by atoms with Crippen LogP contribution in [0.1, 0.15) is 86.8 Å². The van der Waals surface area contributed by atoms with Crippen LogP contribution in [0.2, 0.25) is 0 Å². The van der Waals surface area contributed by atoms with Crippen molar-refractivity contribution in [1.82, 2.24) is 52.0 Å². The lowest BCUT2D eigenvalue weighted by molar-refractivity contribution is -0.138. The maximum atomic E-state index is 13.7. The van der Waals surface area contributed by atoms with E-state index in [0.717, 1.165) is 61.3 Å². The van der Waals surface area contributed by atoms with Crippen LogP contribution in [-0.2, 0) is 73.3 Å². The number of hydrogen-bond donors (Lipinski definition) is 8. The van der Waals surface area contributed by atoms with Crippen molar-refractivity contribution in [3.05, 3.63) is 155 Å². The van der Waals surface area contributed by atoms with Crippen molar-refractivity contribution >= 4 is 35.4 Å². The zero-order valence-electron chi connectivity index (χ0n) is 51.3. The van der Waals surface area contributed by atoms with Crippen LogP contribution >= 0.6 is 0 Å². The second-order valence-corrected chi connectivity index (χ2v) is 23.5. The fourth-order valence-corrected chi connectivity index (χ4v) is 10.9. The van der Waals surface area contributed by atoms with E-state index < -0.39 is 83.4 Å². The summed E-state index contributed by atoms with van der Waals surface area (Å²) < 4.78 is 94.3. The highest BCUT2D eigenvalue weighted by molar-refractivity contribution is 5.94. The highest BCUT2D eigenvalue weighted by Crippen LogP contribution is 2.31. The van der Waals surface area contributed by atoms with Gasteiger partial charge in [0, 0.05) is 45.1 Å². The normalized spacial score (nSPS) is 22.1. The summed E-state index contributed by atoms with van der Waals surface area (Å²) in [5, 5.41) is 23.4. The Bertz CT molecular complexity index is 3140. The molecule has 1 aromatic heterocycles. The number of aryl methyl sites for hydroxylation is 2. The minimum absolute atomic E-state index is 0.0429. The molecule has 24 heteroatoms. The van der Waals surface area contributed by atoms with Crippen molar-refractivity contribution in [1.29, 1.82) is 0 Å². The van der Waals surface area contributed by atoms with Gasteiger partial charge >= 0.3 is 12.4 Å². The van der Waals surface area contributed by atoms with Gasteiger partial charge < -0.3 is 61.5 Å². The van der Waals surface area contributed by atoms with E-state index in [1.54, 1.807) is 44.7 Å².